The van der Waals surface area contributed by atoms with E-state index in [1.165, 1.54) is 10.5 Å². The van der Waals surface area contributed by atoms with Crippen molar-refractivity contribution in [2.75, 3.05) is 6.61 Å². The molecule has 0 unspecified atom stereocenters. The van der Waals surface area contributed by atoms with Crippen molar-refractivity contribution >= 4 is 17.2 Å². The van der Waals surface area contributed by atoms with E-state index in [2.05, 4.69) is 10.1 Å². The Bertz CT molecular complexity index is 1510. The summed E-state index contributed by atoms with van der Waals surface area (Å²) in [5, 5.41) is 4.48. The van der Waals surface area contributed by atoms with Crippen LogP contribution in [0.25, 0.3) is 16.9 Å². The fraction of sp³-hybridized carbons (Fsp3) is 0.360. The van der Waals surface area contributed by atoms with Gasteiger partial charge in [-0.2, -0.15) is 5.10 Å². The van der Waals surface area contributed by atoms with Crippen molar-refractivity contribution in [3.63, 3.8) is 0 Å². The number of ether oxygens (including phenoxy) is 1. The Hall–Kier alpha value is -3.17. The third-order valence-corrected chi connectivity index (χ3v) is 7.18. The highest BCUT2D eigenvalue weighted by Gasteiger charge is 2.30. The predicted octanol–water partition coefficient (Wildman–Crippen LogP) is 5.16. The van der Waals surface area contributed by atoms with Crippen LogP contribution in [0.3, 0.4) is 0 Å². The van der Waals surface area contributed by atoms with E-state index < -0.39 is 17.2 Å². The Morgan fingerprint density at radius 3 is 2.71 bits per heavy atom. The minimum absolute atomic E-state index is 0.00762. The minimum atomic E-state index is -1.00. The molecule has 1 aliphatic carbocycles. The highest BCUT2D eigenvalue weighted by molar-refractivity contribution is 6.31. The summed E-state index contributed by atoms with van der Waals surface area (Å²) in [7, 11) is 0. The molecule has 35 heavy (non-hydrogen) atoms. The summed E-state index contributed by atoms with van der Waals surface area (Å²) in [5.74, 6) is -1.99. The molecule has 10 heteroatoms. The van der Waals surface area contributed by atoms with Crippen LogP contribution in [0.2, 0.25) is 5.02 Å². The molecule has 6 rings (SSSR count). The maximum absolute atomic E-state index is 14.1. The smallest absolute Gasteiger partial charge is 0.277 e. The summed E-state index contributed by atoms with van der Waals surface area (Å²) in [4.78, 5) is 22.3. The van der Waals surface area contributed by atoms with Gasteiger partial charge in [-0.25, -0.2) is 18.7 Å². The number of fused-ring (bicyclic) bond motifs is 1. The average Bonchev–Trinajstić information content (AvgIpc) is 3.60. The first-order valence-corrected chi connectivity index (χ1v) is 12.0. The lowest BCUT2D eigenvalue weighted by molar-refractivity contribution is 0.00454. The molecule has 0 bridgehead atoms. The molecule has 1 saturated carbocycles. The van der Waals surface area contributed by atoms with Crippen LogP contribution in [0.15, 0.2) is 41.6 Å². The van der Waals surface area contributed by atoms with Crippen molar-refractivity contribution in [2.24, 2.45) is 0 Å². The zero-order valence-corrected chi connectivity index (χ0v) is 19.7. The van der Waals surface area contributed by atoms with Crippen LogP contribution < -0.4 is 5.56 Å². The Kier molecular flexibility index (Phi) is 5.41. The number of benzene rings is 1. The topological polar surface area (TPSA) is 74.3 Å². The maximum atomic E-state index is 14.1. The molecule has 0 N–H and O–H groups in total. The average molecular weight is 498 g/mol. The van der Waals surface area contributed by atoms with Crippen LogP contribution in [0, 0.1) is 18.6 Å². The van der Waals surface area contributed by atoms with Crippen LogP contribution >= 0.6 is 11.6 Å². The van der Waals surface area contributed by atoms with Crippen LogP contribution in [-0.4, -0.2) is 30.8 Å². The van der Waals surface area contributed by atoms with E-state index in [1.54, 1.807) is 13.1 Å². The van der Waals surface area contributed by atoms with Crippen molar-refractivity contribution in [1.82, 2.24) is 24.1 Å². The molecule has 4 aromatic rings. The Morgan fingerprint density at radius 1 is 1.11 bits per heavy atom. The predicted molar refractivity (Wildman–Crippen MR) is 126 cm³/mol. The molecule has 0 amide bonds. The number of nitrogens with zero attached hydrogens (tertiary/aromatic N) is 5. The van der Waals surface area contributed by atoms with Crippen LogP contribution in [0.1, 0.15) is 60.7 Å². The standard InChI is InChI=1S/C25H22ClF2N5O2/c1-13-22(26)25(34)32-12-20(31-23(24(32)30-13)15-2-5-18(27)19(28)8-15)14-6-7-35-21(9-14)16-10-29-33(11-16)17-3-4-17/h2,5,8,10-12,14,17,21H,3-4,6-7,9H2,1H3/t14-,21-/m1/s1. The lowest BCUT2D eigenvalue weighted by atomic mass is 9.90. The van der Waals surface area contributed by atoms with Gasteiger partial charge in [-0.3, -0.25) is 13.9 Å². The van der Waals surface area contributed by atoms with E-state index in [9.17, 15) is 13.6 Å². The largest absolute Gasteiger partial charge is 0.373 e. The number of aromatic nitrogens is 5. The summed E-state index contributed by atoms with van der Waals surface area (Å²) in [6.45, 7) is 2.14. The number of aryl methyl sites for hydroxylation is 1. The van der Waals surface area contributed by atoms with Gasteiger partial charge in [-0.15, -0.1) is 0 Å². The van der Waals surface area contributed by atoms with Gasteiger partial charge in [0.2, 0.25) is 0 Å². The van der Waals surface area contributed by atoms with Crippen molar-refractivity contribution in [3.05, 3.63) is 80.8 Å². The van der Waals surface area contributed by atoms with Gasteiger partial charge in [-0.1, -0.05) is 11.6 Å². The Balaban J connectivity index is 1.44. The number of halogens is 3. The van der Waals surface area contributed by atoms with E-state index in [-0.39, 0.29) is 22.7 Å². The lowest BCUT2D eigenvalue weighted by Gasteiger charge is -2.29. The number of rotatable bonds is 4. The van der Waals surface area contributed by atoms with Crippen LogP contribution in [0.4, 0.5) is 8.78 Å². The zero-order valence-electron chi connectivity index (χ0n) is 18.9. The molecule has 2 aliphatic rings. The molecular weight excluding hydrogens is 476 g/mol. The first-order valence-electron chi connectivity index (χ1n) is 11.6. The fourth-order valence-corrected chi connectivity index (χ4v) is 4.77. The number of hydrogen-bond acceptors (Lipinski definition) is 5. The summed E-state index contributed by atoms with van der Waals surface area (Å²) in [6, 6.07) is 4.02. The molecule has 2 atom stereocenters. The van der Waals surface area contributed by atoms with E-state index in [1.807, 2.05) is 17.1 Å². The second kappa shape index (κ2) is 8.49. The first kappa shape index (κ1) is 22.3. The summed E-state index contributed by atoms with van der Waals surface area (Å²) < 4.78 is 37.1. The summed E-state index contributed by atoms with van der Waals surface area (Å²) in [5.41, 5.74) is 2.42. The van der Waals surface area contributed by atoms with Crippen molar-refractivity contribution in [3.8, 4) is 11.3 Å². The molecule has 1 saturated heterocycles. The molecule has 0 spiro atoms. The quantitative estimate of drug-likeness (QED) is 0.389. The SMILES string of the molecule is Cc1nc2c(-c3ccc(F)c(F)c3)nc([C@@H]3CCO[C@@H](c4cnn(C5CC5)c4)C3)cn2c(=O)c1Cl. The van der Waals surface area contributed by atoms with Gasteiger partial charge in [0.1, 0.15) is 10.7 Å². The molecule has 180 valence electrons. The Labute approximate surface area is 204 Å². The van der Waals surface area contributed by atoms with Gasteiger partial charge in [0.15, 0.2) is 17.3 Å². The second-order valence-corrected chi connectivity index (χ2v) is 9.60. The molecule has 7 nitrogen and oxygen atoms in total. The molecule has 1 aliphatic heterocycles. The van der Waals surface area contributed by atoms with E-state index in [0.717, 1.165) is 30.5 Å². The lowest BCUT2D eigenvalue weighted by Crippen LogP contribution is -2.23. The van der Waals surface area contributed by atoms with Gasteiger partial charge < -0.3 is 4.74 Å². The third-order valence-electron chi connectivity index (χ3n) is 6.75. The van der Waals surface area contributed by atoms with E-state index in [4.69, 9.17) is 21.3 Å². The molecule has 3 aromatic heterocycles. The highest BCUT2D eigenvalue weighted by atomic mass is 35.5. The molecular formula is C25H22ClF2N5O2. The number of hydrogen-bond donors (Lipinski definition) is 0. The molecule has 2 fully saturated rings. The van der Waals surface area contributed by atoms with Gasteiger partial charge in [0, 0.05) is 36.0 Å². The monoisotopic (exact) mass is 497 g/mol. The highest BCUT2D eigenvalue weighted by Crippen LogP contribution is 2.39. The van der Waals surface area contributed by atoms with Crippen molar-refractivity contribution < 1.29 is 13.5 Å². The van der Waals surface area contributed by atoms with Gasteiger partial charge in [-0.05, 0) is 50.8 Å². The summed E-state index contributed by atoms with van der Waals surface area (Å²) >= 11 is 6.22. The maximum Gasteiger partial charge on any atom is 0.277 e. The van der Waals surface area contributed by atoms with Gasteiger partial charge in [0.25, 0.3) is 5.56 Å². The first-order chi connectivity index (χ1) is 16.9. The van der Waals surface area contributed by atoms with Gasteiger partial charge >= 0.3 is 0 Å². The minimum Gasteiger partial charge on any atom is -0.373 e. The summed E-state index contributed by atoms with van der Waals surface area (Å²) in [6.07, 6.45) is 9.03. The van der Waals surface area contributed by atoms with Gasteiger partial charge in [0.05, 0.1) is 29.7 Å². The van der Waals surface area contributed by atoms with E-state index >= 15 is 0 Å². The van der Waals surface area contributed by atoms with Crippen molar-refractivity contribution in [2.45, 2.75) is 50.7 Å². The zero-order chi connectivity index (χ0) is 24.3. The second-order valence-electron chi connectivity index (χ2n) is 9.22. The molecule has 1 aromatic carbocycles. The van der Waals surface area contributed by atoms with E-state index in [0.29, 0.717) is 48.1 Å². The molecule has 4 heterocycles. The van der Waals surface area contributed by atoms with Crippen molar-refractivity contribution in [1.29, 1.82) is 0 Å². The Morgan fingerprint density at radius 2 is 1.94 bits per heavy atom. The third kappa shape index (κ3) is 4.02. The van der Waals surface area contributed by atoms with Crippen LogP contribution in [-0.2, 0) is 4.74 Å². The normalized spacial score (nSPS) is 20.5. The fourth-order valence-electron chi connectivity index (χ4n) is 4.63. The van der Waals surface area contributed by atoms with Crippen LogP contribution in [0.5, 0.6) is 0 Å². The molecule has 0 radical (unpaired) electrons.